The van der Waals surface area contributed by atoms with Crippen molar-refractivity contribution in [3.63, 3.8) is 0 Å². The topological polar surface area (TPSA) is 126 Å². The number of benzene rings is 4. The van der Waals surface area contributed by atoms with E-state index in [1.54, 1.807) is 42.1 Å². The average molecular weight is 643 g/mol. The van der Waals surface area contributed by atoms with E-state index in [9.17, 15) is 13.5 Å². The molecular formula is C34H34N4O5S2. The Morgan fingerprint density at radius 3 is 2.31 bits per heavy atom. The standard InChI is InChI=1S/C34H34N4O5S2/c1-23-31(21-44-34-35-22-36-38-34)42-33(43-32(23)26-13-11-24(20-39)12-14-26)27-17-15-25(16-18-27)30-10-6-5-7-28(30)19-37-45(40,41)29-8-3-2-4-9-29/h2-18,22-23,31-33,37,39H,19-21H2,1H3,(H,35,36,38). The molecule has 0 amide bonds. The maximum absolute atomic E-state index is 12.8. The van der Waals surface area contributed by atoms with Crippen LogP contribution in [0.2, 0.25) is 0 Å². The molecule has 2 heterocycles. The van der Waals surface area contributed by atoms with E-state index < -0.39 is 16.3 Å². The van der Waals surface area contributed by atoms with Gasteiger partial charge in [0.25, 0.3) is 0 Å². The zero-order valence-corrected chi connectivity index (χ0v) is 26.2. The molecule has 45 heavy (non-hydrogen) atoms. The van der Waals surface area contributed by atoms with Gasteiger partial charge in [-0.15, -0.1) is 0 Å². The Labute approximate surface area is 267 Å². The summed E-state index contributed by atoms with van der Waals surface area (Å²) < 4.78 is 41.5. The van der Waals surface area contributed by atoms with Gasteiger partial charge in [-0.05, 0) is 39.9 Å². The molecule has 1 aliphatic rings. The molecule has 0 radical (unpaired) electrons. The lowest BCUT2D eigenvalue weighted by Crippen LogP contribution is -2.38. The highest BCUT2D eigenvalue weighted by Crippen LogP contribution is 2.43. The van der Waals surface area contributed by atoms with Gasteiger partial charge in [-0.25, -0.2) is 18.1 Å². The average Bonchev–Trinajstić information content (AvgIpc) is 3.62. The lowest BCUT2D eigenvalue weighted by atomic mass is 9.91. The quantitative estimate of drug-likeness (QED) is 0.149. The molecule has 0 saturated carbocycles. The van der Waals surface area contributed by atoms with Crippen LogP contribution in [0.1, 0.15) is 41.6 Å². The van der Waals surface area contributed by atoms with E-state index in [-0.39, 0.29) is 36.2 Å². The van der Waals surface area contributed by atoms with Gasteiger partial charge < -0.3 is 14.6 Å². The molecule has 1 fully saturated rings. The van der Waals surface area contributed by atoms with Crippen molar-refractivity contribution in [3.8, 4) is 11.1 Å². The van der Waals surface area contributed by atoms with Crippen LogP contribution in [0.4, 0.5) is 0 Å². The number of hydrogen-bond donors (Lipinski definition) is 3. The zero-order valence-electron chi connectivity index (χ0n) is 24.6. The number of nitrogens with zero attached hydrogens (tertiary/aromatic N) is 2. The lowest BCUT2D eigenvalue weighted by molar-refractivity contribution is -0.268. The first kappa shape index (κ1) is 31.2. The van der Waals surface area contributed by atoms with Gasteiger partial charge in [0.2, 0.25) is 10.0 Å². The Hall–Kier alpha value is -3.84. The van der Waals surface area contributed by atoms with Gasteiger partial charge in [0.1, 0.15) is 6.33 Å². The van der Waals surface area contributed by atoms with Crippen LogP contribution in [0.15, 0.2) is 120 Å². The van der Waals surface area contributed by atoms with E-state index in [4.69, 9.17) is 9.47 Å². The van der Waals surface area contributed by atoms with Gasteiger partial charge in [0.05, 0.1) is 23.7 Å². The highest BCUT2D eigenvalue weighted by Gasteiger charge is 2.38. The maximum atomic E-state index is 12.8. The largest absolute Gasteiger partial charge is 0.392 e. The summed E-state index contributed by atoms with van der Waals surface area (Å²) in [5.74, 6) is 0.702. The van der Waals surface area contributed by atoms with Crippen LogP contribution in [0, 0.1) is 5.92 Å². The number of aliphatic hydroxyl groups is 1. The summed E-state index contributed by atoms with van der Waals surface area (Å²) in [5, 5.41) is 17.1. The second kappa shape index (κ2) is 14.1. The van der Waals surface area contributed by atoms with Crippen molar-refractivity contribution >= 4 is 21.8 Å². The maximum Gasteiger partial charge on any atom is 0.240 e. The van der Waals surface area contributed by atoms with Crippen molar-refractivity contribution in [3.05, 3.63) is 132 Å². The van der Waals surface area contributed by atoms with Gasteiger partial charge in [-0.1, -0.05) is 110 Å². The molecule has 1 aliphatic heterocycles. The highest BCUT2D eigenvalue weighted by atomic mass is 32.2. The fourth-order valence-electron chi connectivity index (χ4n) is 5.37. The van der Waals surface area contributed by atoms with Crippen LogP contribution in [-0.4, -0.2) is 40.6 Å². The van der Waals surface area contributed by atoms with E-state index >= 15 is 0 Å². The molecule has 3 N–H and O–H groups in total. The van der Waals surface area contributed by atoms with Gasteiger partial charge in [0.15, 0.2) is 11.4 Å². The van der Waals surface area contributed by atoms with E-state index in [1.165, 1.54) is 6.33 Å². The monoisotopic (exact) mass is 642 g/mol. The fourth-order valence-corrected chi connectivity index (χ4v) is 7.34. The minimum Gasteiger partial charge on any atom is -0.392 e. The van der Waals surface area contributed by atoms with E-state index in [1.807, 2.05) is 72.8 Å². The molecule has 0 spiro atoms. The van der Waals surface area contributed by atoms with Crippen molar-refractivity contribution in [2.75, 3.05) is 5.75 Å². The third kappa shape index (κ3) is 7.36. The smallest absolute Gasteiger partial charge is 0.240 e. The van der Waals surface area contributed by atoms with E-state index in [2.05, 4.69) is 26.8 Å². The van der Waals surface area contributed by atoms with Crippen LogP contribution in [0.25, 0.3) is 11.1 Å². The summed E-state index contributed by atoms with van der Waals surface area (Å²) >= 11 is 1.55. The van der Waals surface area contributed by atoms with Gasteiger partial charge in [-0.2, -0.15) is 5.10 Å². The zero-order chi connectivity index (χ0) is 31.2. The molecular weight excluding hydrogens is 609 g/mol. The van der Waals surface area contributed by atoms with Gasteiger partial charge in [-0.3, -0.25) is 5.10 Å². The molecule has 9 nitrogen and oxygen atoms in total. The molecule has 4 atom stereocenters. The molecule has 6 rings (SSSR count). The Balaban J connectivity index is 1.22. The number of ether oxygens (including phenoxy) is 2. The summed E-state index contributed by atoms with van der Waals surface area (Å²) in [5.41, 5.74) is 5.48. The number of aromatic nitrogens is 3. The second-order valence-corrected chi connectivity index (χ2v) is 13.6. The molecule has 5 aromatic rings. The van der Waals surface area contributed by atoms with Crippen LogP contribution in [0.3, 0.4) is 0 Å². The Kier molecular flexibility index (Phi) is 9.74. The Morgan fingerprint density at radius 1 is 0.889 bits per heavy atom. The number of thioether (sulfide) groups is 1. The fraction of sp³-hybridized carbons (Fsp3) is 0.235. The number of hydrogen-bond acceptors (Lipinski definition) is 8. The van der Waals surface area contributed by atoms with E-state index in [0.29, 0.717) is 5.75 Å². The molecule has 11 heteroatoms. The van der Waals surface area contributed by atoms with Crippen molar-refractivity contribution < 1.29 is 23.0 Å². The van der Waals surface area contributed by atoms with Crippen LogP contribution < -0.4 is 4.72 Å². The van der Waals surface area contributed by atoms with E-state index in [0.717, 1.165) is 38.5 Å². The van der Waals surface area contributed by atoms with Gasteiger partial charge in [0, 0.05) is 23.8 Å². The first-order valence-corrected chi connectivity index (χ1v) is 17.1. The molecule has 232 valence electrons. The number of aromatic amines is 1. The Morgan fingerprint density at radius 2 is 1.60 bits per heavy atom. The van der Waals surface area contributed by atoms with Crippen molar-refractivity contribution in [2.45, 2.75) is 48.6 Å². The first-order valence-electron chi connectivity index (χ1n) is 14.6. The van der Waals surface area contributed by atoms with Gasteiger partial charge >= 0.3 is 0 Å². The SMILES string of the molecule is CC1C(CSc2ncn[nH]2)OC(c2ccc(-c3ccccc3CNS(=O)(=O)c3ccccc3)cc2)OC1c1ccc(CO)cc1. The number of aliphatic hydroxyl groups excluding tert-OH is 1. The predicted octanol–water partition coefficient (Wildman–Crippen LogP) is 6.03. The molecule has 0 aliphatic carbocycles. The van der Waals surface area contributed by atoms with Crippen molar-refractivity contribution in [1.82, 2.24) is 19.9 Å². The molecule has 4 aromatic carbocycles. The number of nitrogens with one attached hydrogen (secondary N) is 2. The minimum atomic E-state index is -3.65. The van der Waals surface area contributed by atoms with Crippen molar-refractivity contribution in [1.29, 1.82) is 0 Å². The van der Waals surface area contributed by atoms with Crippen molar-refractivity contribution in [2.24, 2.45) is 5.92 Å². The summed E-state index contributed by atoms with van der Waals surface area (Å²) in [4.78, 5) is 4.46. The second-order valence-electron chi connectivity index (χ2n) is 10.8. The van der Waals surface area contributed by atoms with Crippen LogP contribution in [-0.2, 0) is 32.6 Å². The first-order chi connectivity index (χ1) is 21.9. The molecule has 4 unspecified atom stereocenters. The summed E-state index contributed by atoms with van der Waals surface area (Å²) in [7, 11) is -3.65. The Bertz CT molecular complexity index is 1790. The number of sulfonamides is 1. The lowest BCUT2D eigenvalue weighted by Gasteiger charge is -2.41. The highest BCUT2D eigenvalue weighted by molar-refractivity contribution is 7.99. The third-order valence-electron chi connectivity index (χ3n) is 7.92. The summed E-state index contributed by atoms with van der Waals surface area (Å²) in [6, 6.07) is 31.9. The normalized spacial score (nSPS) is 20.2. The number of rotatable bonds is 11. The molecule has 1 saturated heterocycles. The minimum absolute atomic E-state index is 0.0160. The predicted molar refractivity (Wildman–Crippen MR) is 172 cm³/mol. The summed E-state index contributed by atoms with van der Waals surface area (Å²) in [6.45, 7) is 2.26. The summed E-state index contributed by atoms with van der Waals surface area (Å²) in [6.07, 6.45) is 0.517. The molecule has 1 aromatic heterocycles. The molecule has 0 bridgehead atoms. The number of H-pyrrole nitrogens is 1. The van der Waals surface area contributed by atoms with Crippen LogP contribution >= 0.6 is 11.8 Å². The van der Waals surface area contributed by atoms with Crippen LogP contribution in [0.5, 0.6) is 0 Å². The third-order valence-corrected chi connectivity index (χ3v) is 10.3.